The van der Waals surface area contributed by atoms with Crippen molar-refractivity contribution in [3.05, 3.63) is 52.9 Å². The molecule has 0 aliphatic rings. The van der Waals surface area contributed by atoms with Crippen LogP contribution in [0.25, 0.3) is 33.3 Å². The molecule has 11 nitrogen and oxygen atoms in total. The summed E-state index contributed by atoms with van der Waals surface area (Å²) in [6.07, 6.45) is 7.30. The fraction of sp³-hybridized carbons (Fsp3) is 0.412. The lowest BCUT2D eigenvalue weighted by Crippen LogP contribution is -2.22. The third kappa shape index (κ3) is 10.3. The molecule has 4 heterocycles. The number of halogens is 1. The highest BCUT2D eigenvalue weighted by Gasteiger charge is 2.20. The molecule has 1 N–H and O–H groups in total. The zero-order valence-corrected chi connectivity index (χ0v) is 34.1. The van der Waals surface area contributed by atoms with Gasteiger partial charge in [0.1, 0.15) is 47.8 Å². The first-order valence-electron chi connectivity index (χ1n) is 16.0. The number of ether oxygens (including phenoxy) is 2. The number of nitriles is 2. The highest BCUT2D eigenvalue weighted by Crippen LogP contribution is 2.33. The summed E-state index contributed by atoms with van der Waals surface area (Å²) in [5.74, 6) is 0.155. The van der Waals surface area contributed by atoms with Gasteiger partial charge in [-0.05, 0) is 36.7 Å². The fourth-order valence-corrected chi connectivity index (χ4v) is 7.33. The van der Waals surface area contributed by atoms with E-state index in [2.05, 4.69) is 71.4 Å². The van der Waals surface area contributed by atoms with Gasteiger partial charge >= 0.3 is 0 Å². The number of thioether (sulfide) groups is 2. The topological polar surface area (TPSA) is 148 Å². The van der Waals surface area contributed by atoms with Crippen molar-refractivity contribution in [3.63, 3.8) is 0 Å². The Kier molecular flexibility index (Phi) is 13.5. The van der Waals surface area contributed by atoms with Crippen LogP contribution in [0.4, 0.5) is 0 Å². The molecule has 0 radical (unpaired) electrons. The number of fused-ring (bicyclic) bond motifs is 2. The number of aromatic nitrogens is 6. The summed E-state index contributed by atoms with van der Waals surface area (Å²) in [5, 5.41) is 31.6. The summed E-state index contributed by atoms with van der Waals surface area (Å²) < 4.78 is 15.3. The lowest BCUT2D eigenvalue weighted by atomic mass is 10.1. The second-order valence-corrected chi connectivity index (χ2v) is 27.1. The summed E-state index contributed by atoms with van der Waals surface area (Å²) in [5.41, 5.74) is 3.67. The second-order valence-electron chi connectivity index (χ2n) is 14.0. The zero-order valence-electron chi connectivity index (χ0n) is 29.7. The van der Waals surface area contributed by atoms with Crippen LogP contribution in [0.5, 0.6) is 5.75 Å². The van der Waals surface area contributed by atoms with Crippen LogP contribution >= 0.6 is 35.1 Å². The average Bonchev–Trinajstić information content (AvgIpc) is 3.61. The Hall–Kier alpha value is -3.42. The van der Waals surface area contributed by atoms with Crippen molar-refractivity contribution < 1.29 is 14.6 Å². The molecule has 0 unspecified atom stereocenters. The van der Waals surface area contributed by atoms with Crippen molar-refractivity contribution in [1.29, 1.82) is 10.5 Å². The maximum atomic E-state index is 9.88. The first-order valence-corrected chi connectivity index (χ1v) is 26.2. The largest absolute Gasteiger partial charge is 0.508 e. The quantitative estimate of drug-likeness (QED) is 0.0403. The van der Waals surface area contributed by atoms with Gasteiger partial charge in [0.05, 0.1) is 27.6 Å². The number of hydrogen-bond donors (Lipinski definition) is 1. The number of nitrogens with zero attached hydrogens (tertiary/aromatic N) is 8. The second kappa shape index (κ2) is 17.2. The molecule has 0 atom stereocenters. The van der Waals surface area contributed by atoms with Gasteiger partial charge in [-0.25, -0.2) is 19.9 Å². The van der Waals surface area contributed by atoms with E-state index < -0.39 is 16.1 Å². The van der Waals surface area contributed by atoms with Crippen LogP contribution in [0.3, 0.4) is 0 Å². The van der Waals surface area contributed by atoms with Gasteiger partial charge in [-0.15, -0.1) is 0 Å². The van der Waals surface area contributed by atoms with Crippen LogP contribution in [-0.4, -0.2) is 76.0 Å². The van der Waals surface area contributed by atoms with Crippen LogP contribution in [0, 0.1) is 22.7 Å². The Morgan fingerprint density at radius 1 is 0.780 bits per heavy atom. The van der Waals surface area contributed by atoms with Crippen LogP contribution in [-0.2, 0) is 22.9 Å². The number of phenolic OH excluding ortho intramolecular Hbond substituents is 1. The van der Waals surface area contributed by atoms with Crippen molar-refractivity contribution in [3.8, 4) is 29.1 Å². The minimum Gasteiger partial charge on any atom is -0.508 e. The number of hydrogen-bond acceptors (Lipinski definition) is 11. The molecule has 0 bridgehead atoms. The average molecular weight is 768 g/mol. The standard InChI is InChI=1S/C20H24N4O2SSi.C14H19ClN4OSSi/c1-27-20-22-18(14-6-5-7-16(25)10-14)17-15(11-21)12-24(19(17)23-20)13-26-8-9-28(2,3)4;1-21-14-17-12(15)11-10(7-16)8-19(13(11)18-14)9-20-5-6-22(2,3)4/h5-7,10,12,25H,8-9,13H2,1-4H3;8H,5-6,9H2,1-4H3. The fourth-order valence-electron chi connectivity index (χ4n) is 4.78. The van der Waals surface area contributed by atoms with E-state index in [1.807, 2.05) is 27.7 Å². The first kappa shape index (κ1) is 39.4. The molecular formula is C34H43ClN8O3S2Si2. The Morgan fingerprint density at radius 2 is 1.28 bits per heavy atom. The number of rotatable bonds is 13. The van der Waals surface area contributed by atoms with Crippen LogP contribution in [0.1, 0.15) is 11.1 Å². The predicted octanol–water partition coefficient (Wildman–Crippen LogP) is 8.70. The Morgan fingerprint density at radius 3 is 1.76 bits per heavy atom. The van der Waals surface area contributed by atoms with Crippen molar-refractivity contribution in [1.82, 2.24) is 29.1 Å². The molecule has 0 spiro atoms. The maximum Gasteiger partial charge on any atom is 0.190 e. The van der Waals surface area contributed by atoms with Crippen molar-refractivity contribution in [2.75, 3.05) is 25.7 Å². The summed E-state index contributed by atoms with van der Waals surface area (Å²) in [6.45, 7) is 16.0. The maximum absolute atomic E-state index is 9.88. The first-order chi connectivity index (χ1) is 23.7. The van der Waals surface area contributed by atoms with Crippen molar-refractivity contribution in [2.24, 2.45) is 0 Å². The monoisotopic (exact) mass is 766 g/mol. The molecule has 0 saturated carbocycles. The highest BCUT2D eigenvalue weighted by molar-refractivity contribution is 7.98. The molecule has 0 aliphatic carbocycles. The third-order valence-electron chi connectivity index (χ3n) is 7.53. The SMILES string of the molecule is CSc1nc(-c2cccc(O)c2)c2c(C#N)cn(COCC[Si](C)(C)C)c2n1.CSc1nc(Cl)c2c(C#N)cn(COCC[Si](C)(C)C)c2n1. The summed E-state index contributed by atoms with van der Waals surface area (Å²) in [4.78, 5) is 17.9. The van der Waals surface area contributed by atoms with Gasteiger partial charge in [0.25, 0.3) is 0 Å². The van der Waals surface area contributed by atoms with Gasteiger partial charge in [0, 0.05) is 47.3 Å². The molecular weight excluding hydrogens is 724 g/mol. The van der Waals surface area contributed by atoms with E-state index in [1.165, 1.54) is 23.5 Å². The molecule has 0 fully saturated rings. The van der Waals surface area contributed by atoms with Crippen LogP contribution in [0.15, 0.2) is 47.0 Å². The number of phenols is 1. The summed E-state index contributed by atoms with van der Waals surface area (Å²) >= 11 is 9.05. The van der Waals surface area contributed by atoms with E-state index >= 15 is 0 Å². The lowest BCUT2D eigenvalue weighted by molar-refractivity contribution is 0.0897. The van der Waals surface area contributed by atoms with E-state index in [-0.39, 0.29) is 5.75 Å². The predicted molar refractivity (Wildman–Crippen MR) is 208 cm³/mol. The molecule has 50 heavy (non-hydrogen) atoms. The van der Waals surface area contributed by atoms with Crippen molar-refractivity contribution in [2.45, 2.75) is 75.1 Å². The molecule has 5 aromatic rings. The minimum atomic E-state index is -1.16. The Bertz CT molecular complexity index is 2050. The molecule has 1 aromatic carbocycles. The molecule has 0 amide bonds. The van der Waals surface area contributed by atoms with Gasteiger partial charge in [-0.2, -0.15) is 10.5 Å². The minimum absolute atomic E-state index is 0.155. The van der Waals surface area contributed by atoms with Crippen LogP contribution in [0.2, 0.25) is 56.5 Å². The molecule has 5 rings (SSSR count). The lowest BCUT2D eigenvalue weighted by Gasteiger charge is -2.15. The molecule has 0 saturated heterocycles. The summed E-state index contributed by atoms with van der Waals surface area (Å²) in [7, 11) is -2.27. The zero-order chi connectivity index (χ0) is 36.6. The van der Waals surface area contributed by atoms with E-state index in [9.17, 15) is 15.6 Å². The van der Waals surface area contributed by atoms with Gasteiger partial charge < -0.3 is 23.7 Å². The number of aromatic hydroxyl groups is 1. The molecule has 264 valence electrons. The van der Waals surface area contributed by atoms with E-state index in [0.717, 1.165) is 17.7 Å². The van der Waals surface area contributed by atoms with E-state index in [0.29, 0.717) is 81.0 Å². The van der Waals surface area contributed by atoms with Gasteiger partial charge in [-0.3, -0.25) is 0 Å². The smallest absolute Gasteiger partial charge is 0.190 e. The number of benzene rings is 1. The van der Waals surface area contributed by atoms with E-state index in [1.54, 1.807) is 30.6 Å². The molecule has 16 heteroatoms. The Balaban J connectivity index is 0.000000232. The van der Waals surface area contributed by atoms with Gasteiger partial charge in [0.15, 0.2) is 10.3 Å². The highest BCUT2D eigenvalue weighted by atomic mass is 35.5. The normalized spacial score (nSPS) is 11.7. The molecule has 4 aromatic heterocycles. The summed E-state index contributed by atoms with van der Waals surface area (Å²) in [6, 6.07) is 13.5. The molecule has 0 aliphatic heterocycles. The van der Waals surface area contributed by atoms with E-state index in [4.69, 9.17) is 21.1 Å². The Labute approximate surface area is 309 Å². The van der Waals surface area contributed by atoms with Crippen molar-refractivity contribution >= 4 is 73.3 Å². The van der Waals surface area contributed by atoms with Gasteiger partial charge in [0.2, 0.25) is 0 Å². The van der Waals surface area contributed by atoms with Gasteiger partial charge in [-0.1, -0.05) is 86.5 Å². The van der Waals surface area contributed by atoms with Crippen LogP contribution < -0.4 is 0 Å². The third-order valence-corrected chi connectivity index (χ3v) is 12.3.